The Morgan fingerprint density at radius 3 is 2.71 bits per heavy atom. The molecule has 2 aliphatic rings. The van der Waals surface area contributed by atoms with Crippen LogP contribution < -0.4 is 0 Å². The highest BCUT2D eigenvalue weighted by molar-refractivity contribution is 5.85. The van der Waals surface area contributed by atoms with Crippen LogP contribution in [0, 0.1) is 5.41 Å². The number of hydrogen-bond acceptors (Lipinski definition) is 6. The fraction of sp³-hybridized carbons (Fsp3) is 0.875. The fourth-order valence-corrected chi connectivity index (χ4v) is 3.61. The molecule has 2 fully saturated rings. The normalized spacial score (nSPS) is 26.0. The third kappa shape index (κ3) is 2.93. The summed E-state index contributed by atoms with van der Waals surface area (Å²) in [5.41, 5.74) is -0.492. The van der Waals surface area contributed by atoms with Gasteiger partial charge in [0, 0.05) is 25.6 Å². The third-order valence-electron chi connectivity index (χ3n) is 5.59. The zero-order valence-electron chi connectivity index (χ0n) is 15.2. The number of ether oxygens (including phenoxy) is 1. The Hall–Kier alpha value is -1.54. The van der Waals surface area contributed by atoms with Gasteiger partial charge < -0.3 is 9.64 Å². The molecule has 1 aromatic rings. The largest absolute Gasteiger partial charge is 0.383 e. The van der Waals surface area contributed by atoms with Gasteiger partial charge in [-0.2, -0.15) is 0 Å². The number of hydrogen-bond donors (Lipinski definition) is 0. The van der Waals surface area contributed by atoms with Gasteiger partial charge in [0.2, 0.25) is 5.91 Å². The van der Waals surface area contributed by atoms with Gasteiger partial charge in [-0.3, -0.25) is 9.69 Å². The number of tetrazole rings is 1. The molecule has 2 heterocycles. The number of rotatable bonds is 6. The molecule has 1 aliphatic heterocycles. The quantitative estimate of drug-likeness (QED) is 0.753. The molecule has 1 aromatic heterocycles. The molecular weight excluding hydrogens is 308 g/mol. The molecule has 1 amide bonds. The average molecular weight is 336 g/mol. The van der Waals surface area contributed by atoms with E-state index in [-0.39, 0.29) is 16.9 Å². The number of methoxy groups -OCH3 is 1. The Kier molecular flexibility index (Phi) is 4.61. The zero-order chi connectivity index (χ0) is 17.4. The van der Waals surface area contributed by atoms with Crippen molar-refractivity contribution in [1.29, 1.82) is 0 Å². The van der Waals surface area contributed by atoms with E-state index in [1.165, 1.54) is 0 Å². The average Bonchev–Trinajstić information content (AvgIpc) is 3.15. The number of carbonyl (C=O) groups excluding carboxylic acids is 1. The summed E-state index contributed by atoms with van der Waals surface area (Å²) in [4.78, 5) is 17.0. The first-order chi connectivity index (χ1) is 11.4. The Labute approximate surface area is 143 Å². The SMILES string of the molecule is COCCn1nnnc1C1(N(C)C)CCCN(C(=O)C2(C)CC2)C1. The van der Waals surface area contributed by atoms with E-state index in [0.29, 0.717) is 19.7 Å². The maximum atomic E-state index is 12.8. The summed E-state index contributed by atoms with van der Waals surface area (Å²) >= 11 is 0. The van der Waals surface area contributed by atoms with Crippen LogP contribution in [-0.2, 0) is 21.6 Å². The van der Waals surface area contributed by atoms with E-state index in [2.05, 4.69) is 27.3 Å². The summed E-state index contributed by atoms with van der Waals surface area (Å²) in [6.45, 7) is 4.71. The second-order valence-electron chi connectivity index (χ2n) is 7.54. The number of likely N-dealkylation sites (tertiary alicyclic amines) is 1. The Balaban J connectivity index is 1.88. The van der Waals surface area contributed by atoms with Crippen molar-refractivity contribution in [2.24, 2.45) is 5.41 Å². The monoisotopic (exact) mass is 336 g/mol. The van der Waals surface area contributed by atoms with Crippen molar-refractivity contribution in [1.82, 2.24) is 30.0 Å². The van der Waals surface area contributed by atoms with Gasteiger partial charge in [-0.25, -0.2) is 4.68 Å². The van der Waals surface area contributed by atoms with Crippen LogP contribution in [-0.4, -0.2) is 76.8 Å². The molecule has 0 radical (unpaired) electrons. The molecule has 0 spiro atoms. The van der Waals surface area contributed by atoms with Crippen LogP contribution >= 0.6 is 0 Å². The van der Waals surface area contributed by atoms with E-state index in [0.717, 1.165) is 38.1 Å². The first-order valence-corrected chi connectivity index (χ1v) is 8.65. The molecule has 0 bridgehead atoms. The van der Waals surface area contributed by atoms with Gasteiger partial charge in [0.25, 0.3) is 0 Å². The molecule has 1 aliphatic carbocycles. The lowest BCUT2D eigenvalue weighted by Gasteiger charge is -2.46. The van der Waals surface area contributed by atoms with E-state index < -0.39 is 0 Å². The predicted octanol–water partition coefficient (Wildman–Crippen LogP) is 0.499. The summed E-state index contributed by atoms with van der Waals surface area (Å²) in [6, 6.07) is 0. The molecule has 24 heavy (non-hydrogen) atoms. The second kappa shape index (κ2) is 6.40. The number of aromatic nitrogens is 4. The maximum Gasteiger partial charge on any atom is 0.228 e. The Bertz CT molecular complexity index is 597. The number of piperidine rings is 1. The van der Waals surface area contributed by atoms with E-state index >= 15 is 0 Å². The van der Waals surface area contributed by atoms with Gasteiger partial charge in [0.05, 0.1) is 13.2 Å². The van der Waals surface area contributed by atoms with Crippen LogP contribution in [0.4, 0.5) is 0 Å². The van der Waals surface area contributed by atoms with Crippen LogP contribution in [0.25, 0.3) is 0 Å². The zero-order valence-corrected chi connectivity index (χ0v) is 15.2. The molecule has 0 N–H and O–H groups in total. The minimum atomic E-state index is -0.351. The topological polar surface area (TPSA) is 76.4 Å². The van der Waals surface area contributed by atoms with E-state index in [9.17, 15) is 4.79 Å². The smallest absolute Gasteiger partial charge is 0.228 e. The molecule has 1 atom stereocenters. The first-order valence-electron chi connectivity index (χ1n) is 8.65. The van der Waals surface area contributed by atoms with Gasteiger partial charge in [0.15, 0.2) is 5.82 Å². The van der Waals surface area contributed by atoms with E-state index in [1.54, 1.807) is 7.11 Å². The lowest BCUT2D eigenvalue weighted by Crippen LogP contribution is -2.57. The van der Waals surface area contributed by atoms with Crippen molar-refractivity contribution in [2.75, 3.05) is 40.9 Å². The molecule has 134 valence electrons. The Morgan fingerprint density at radius 2 is 2.08 bits per heavy atom. The van der Waals surface area contributed by atoms with Crippen molar-refractivity contribution >= 4 is 5.91 Å². The van der Waals surface area contributed by atoms with Gasteiger partial charge in [0.1, 0.15) is 5.54 Å². The van der Waals surface area contributed by atoms with Crippen LogP contribution in [0.2, 0.25) is 0 Å². The molecule has 1 saturated heterocycles. The van der Waals surface area contributed by atoms with Crippen LogP contribution in [0.1, 0.15) is 38.4 Å². The molecule has 1 saturated carbocycles. The summed E-state index contributed by atoms with van der Waals surface area (Å²) < 4.78 is 6.98. The molecule has 8 heteroatoms. The van der Waals surface area contributed by atoms with Crippen LogP contribution in [0.3, 0.4) is 0 Å². The van der Waals surface area contributed by atoms with Crippen molar-refractivity contribution in [3.63, 3.8) is 0 Å². The van der Waals surface area contributed by atoms with E-state index in [1.807, 2.05) is 23.7 Å². The summed E-state index contributed by atoms with van der Waals surface area (Å²) in [6.07, 6.45) is 3.90. The van der Waals surface area contributed by atoms with Crippen molar-refractivity contribution in [3.8, 4) is 0 Å². The standard InChI is InChI=1S/C16H28N6O2/c1-15(7-8-15)14(23)21-9-5-6-16(12-21,20(2)3)13-17-18-19-22(13)10-11-24-4/h5-12H2,1-4H3. The summed E-state index contributed by atoms with van der Waals surface area (Å²) in [5.74, 6) is 1.10. The minimum Gasteiger partial charge on any atom is -0.383 e. The number of carbonyl (C=O) groups is 1. The van der Waals surface area contributed by atoms with Crippen LogP contribution in [0.15, 0.2) is 0 Å². The highest BCUT2D eigenvalue weighted by atomic mass is 16.5. The molecule has 0 aromatic carbocycles. The van der Waals surface area contributed by atoms with Crippen LogP contribution in [0.5, 0.6) is 0 Å². The van der Waals surface area contributed by atoms with Gasteiger partial charge >= 0.3 is 0 Å². The summed E-state index contributed by atoms with van der Waals surface area (Å²) in [5, 5.41) is 12.3. The van der Waals surface area contributed by atoms with Gasteiger partial charge in [-0.15, -0.1) is 5.10 Å². The lowest BCUT2D eigenvalue weighted by molar-refractivity contribution is -0.140. The van der Waals surface area contributed by atoms with Crippen molar-refractivity contribution < 1.29 is 9.53 Å². The van der Waals surface area contributed by atoms with Crippen molar-refractivity contribution in [2.45, 2.75) is 44.7 Å². The molecular formula is C16H28N6O2. The number of likely N-dealkylation sites (N-methyl/N-ethyl adjacent to an activating group) is 1. The van der Waals surface area contributed by atoms with Gasteiger partial charge in [-0.1, -0.05) is 6.92 Å². The number of nitrogens with zero attached hydrogens (tertiary/aromatic N) is 6. The van der Waals surface area contributed by atoms with E-state index in [4.69, 9.17) is 4.74 Å². The lowest BCUT2D eigenvalue weighted by atomic mass is 9.86. The highest BCUT2D eigenvalue weighted by Crippen LogP contribution is 2.47. The minimum absolute atomic E-state index is 0.142. The predicted molar refractivity (Wildman–Crippen MR) is 88.2 cm³/mol. The molecule has 1 unspecified atom stereocenters. The summed E-state index contributed by atoms with van der Waals surface area (Å²) in [7, 11) is 5.76. The molecule has 8 nitrogen and oxygen atoms in total. The second-order valence-corrected chi connectivity index (χ2v) is 7.54. The number of amides is 1. The van der Waals surface area contributed by atoms with Gasteiger partial charge in [-0.05, 0) is 50.2 Å². The van der Waals surface area contributed by atoms with Crippen molar-refractivity contribution in [3.05, 3.63) is 5.82 Å². The fourth-order valence-electron chi connectivity index (χ4n) is 3.61. The third-order valence-corrected chi connectivity index (χ3v) is 5.59. The Morgan fingerprint density at radius 1 is 1.33 bits per heavy atom. The first kappa shape index (κ1) is 17.3. The maximum absolute atomic E-state index is 12.8. The highest BCUT2D eigenvalue weighted by Gasteiger charge is 2.51. The molecule has 3 rings (SSSR count).